The standard InChI is InChI=1S/C18H26N4O3S/c1-13-9-15(26(24,25)22(3)4)10-16(14(13)2)20-11-17(23)21-18(12-19)7-5-6-8-18/h9-10,20H,5-8,11H2,1-4H3,(H,21,23). The number of carbonyl (C=O) groups excluding carboxylic acids is 1. The zero-order valence-corrected chi connectivity index (χ0v) is 16.5. The van der Waals surface area contributed by atoms with E-state index in [1.54, 1.807) is 12.1 Å². The highest BCUT2D eigenvalue weighted by atomic mass is 32.2. The van der Waals surface area contributed by atoms with Crippen molar-refractivity contribution in [1.82, 2.24) is 9.62 Å². The number of aryl methyl sites for hydroxylation is 1. The molecule has 0 spiro atoms. The van der Waals surface area contributed by atoms with Gasteiger partial charge < -0.3 is 10.6 Å². The number of nitriles is 1. The third-order valence-electron chi connectivity index (χ3n) is 4.91. The van der Waals surface area contributed by atoms with Gasteiger partial charge in [-0.05, 0) is 62.8 Å². The molecule has 0 aliphatic heterocycles. The Balaban J connectivity index is 2.15. The van der Waals surface area contributed by atoms with Crippen LogP contribution in [0.25, 0.3) is 0 Å². The maximum absolute atomic E-state index is 12.4. The van der Waals surface area contributed by atoms with E-state index in [9.17, 15) is 18.5 Å². The lowest BCUT2D eigenvalue weighted by Crippen LogP contribution is -2.47. The SMILES string of the molecule is Cc1cc(S(=O)(=O)N(C)C)cc(NCC(=O)NC2(C#N)CCCC2)c1C. The fourth-order valence-corrected chi connectivity index (χ4v) is 4.11. The van der Waals surface area contributed by atoms with Crippen LogP contribution in [-0.4, -0.2) is 44.8 Å². The smallest absolute Gasteiger partial charge is 0.242 e. The molecule has 0 saturated heterocycles. The maximum Gasteiger partial charge on any atom is 0.242 e. The van der Waals surface area contributed by atoms with E-state index in [0.717, 1.165) is 28.3 Å². The van der Waals surface area contributed by atoms with Crippen molar-refractivity contribution in [2.24, 2.45) is 0 Å². The molecule has 1 aromatic carbocycles. The van der Waals surface area contributed by atoms with Gasteiger partial charge in [0.1, 0.15) is 5.54 Å². The lowest BCUT2D eigenvalue weighted by molar-refractivity contribution is -0.120. The summed E-state index contributed by atoms with van der Waals surface area (Å²) in [6.07, 6.45) is 3.21. The summed E-state index contributed by atoms with van der Waals surface area (Å²) in [5, 5.41) is 15.2. The molecular weight excluding hydrogens is 352 g/mol. The highest BCUT2D eigenvalue weighted by molar-refractivity contribution is 7.89. The Hall–Kier alpha value is -2.11. The second-order valence-corrected chi connectivity index (χ2v) is 9.15. The van der Waals surface area contributed by atoms with Gasteiger partial charge in [0.2, 0.25) is 15.9 Å². The second kappa shape index (κ2) is 7.64. The minimum atomic E-state index is -3.56. The van der Waals surface area contributed by atoms with Gasteiger partial charge >= 0.3 is 0 Å². The van der Waals surface area contributed by atoms with Gasteiger partial charge in [-0.2, -0.15) is 5.26 Å². The largest absolute Gasteiger partial charge is 0.376 e. The molecule has 1 saturated carbocycles. The van der Waals surface area contributed by atoms with Gasteiger partial charge in [-0.1, -0.05) is 0 Å². The van der Waals surface area contributed by atoms with E-state index in [-0.39, 0.29) is 17.3 Å². The van der Waals surface area contributed by atoms with Crippen molar-refractivity contribution in [2.45, 2.75) is 50.0 Å². The maximum atomic E-state index is 12.4. The van der Waals surface area contributed by atoms with Gasteiger partial charge in [0.15, 0.2) is 0 Å². The second-order valence-electron chi connectivity index (χ2n) is 7.00. The number of hydrogen-bond acceptors (Lipinski definition) is 5. The van der Waals surface area contributed by atoms with E-state index in [1.165, 1.54) is 14.1 Å². The van der Waals surface area contributed by atoms with Crippen LogP contribution in [0, 0.1) is 25.2 Å². The van der Waals surface area contributed by atoms with Crippen molar-refractivity contribution < 1.29 is 13.2 Å². The number of nitrogens with zero attached hydrogens (tertiary/aromatic N) is 2. The average molecular weight is 378 g/mol. The van der Waals surface area contributed by atoms with Gasteiger partial charge in [-0.3, -0.25) is 4.79 Å². The van der Waals surface area contributed by atoms with Crippen LogP contribution >= 0.6 is 0 Å². The normalized spacial score (nSPS) is 16.3. The minimum absolute atomic E-state index is 0.0187. The monoisotopic (exact) mass is 378 g/mol. The Kier molecular flexibility index (Phi) is 5.94. The van der Waals surface area contributed by atoms with Crippen LogP contribution in [-0.2, 0) is 14.8 Å². The van der Waals surface area contributed by atoms with Crippen molar-refractivity contribution in [2.75, 3.05) is 26.0 Å². The predicted octanol–water partition coefficient (Wildman–Crippen LogP) is 1.92. The summed E-state index contributed by atoms with van der Waals surface area (Å²) < 4.78 is 25.9. The first-order chi connectivity index (χ1) is 12.1. The molecule has 2 rings (SSSR count). The number of hydrogen-bond donors (Lipinski definition) is 2. The van der Waals surface area contributed by atoms with Gasteiger partial charge in [-0.25, -0.2) is 12.7 Å². The molecule has 2 N–H and O–H groups in total. The Morgan fingerprint density at radius 3 is 2.42 bits per heavy atom. The van der Waals surface area contributed by atoms with Crippen molar-refractivity contribution in [1.29, 1.82) is 5.26 Å². The molecule has 7 nitrogen and oxygen atoms in total. The summed E-state index contributed by atoms with van der Waals surface area (Å²) in [6.45, 7) is 3.68. The molecule has 142 valence electrons. The van der Waals surface area contributed by atoms with Crippen LogP contribution in [0.4, 0.5) is 5.69 Å². The average Bonchev–Trinajstić information content (AvgIpc) is 3.04. The van der Waals surface area contributed by atoms with Crippen LogP contribution in [0.1, 0.15) is 36.8 Å². The molecule has 8 heteroatoms. The fraction of sp³-hybridized carbons (Fsp3) is 0.556. The lowest BCUT2D eigenvalue weighted by atomic mass is 10.00. The van der Waals surface area contributed by atoms with Crippen LogP contribution in [0.15, 0.2) is 17.0 Å². The molecule has 0 heterocycles. The number of nitrogens with one attached hydrogen (secondary N) is 2. The van der Waals surface area contributed by atoms with Crippen LogP contribution in [0.3, 0.4) is 0 Å². The molecule has 1 fully saturated rings. The molecule has 0 atom stereocenters. The zero-order chi connectivity index (χ0) is 19.5. The van der Waals surface area contributed by atoms with Gasteiger partial charge in [0.05, 0.1) is 17.5 Å². The van der Waals surface area contributed by atoms with Gasteiger partial charge in [0, 0.05) is 19.8 Å². The van der Waals surface area contributed by atoms with Crippen molar-refractivity contribution in [3.05, 3.63) is 23.3 Å². The number of carbonyl (C=O) groups is 1. The molecule has 26 heavy (non-hydrogen) atoms. The Morgan fingerprint density at radius 1 is 1.27 bits per heavy atom. The summed E-state index contributed by atoms with van der Waals surface area (Å²) in [5.74, 6) is -0.272. The topological polar surface area (TPSA) is 102 Å². The van der Waals surface area contributed by atoms with Crippen molar-refractivity contribution in [3.63, 3.8) is 0 Å². The van der Waals surface area contributed by atoms with E-state index in [2.05, 4.69) is 16.7 Å². The Bertz CT molecular complexity index is 835. The first kappa shape index (κ1) is 20.2. The summed E-state index contributed by atoms with van der Waals surface area (Å²) in [6, 6.07) is 5.39. The first-order valence-corrected chi connectivity index (χ1v) is 10.1. The molecule has 1 aliphatic rings. The highest BCUT2D eigenvalue weighted by Gasteiger charge is 2.35. The zero-order valence-electron chi connectivity index (χ0n) is 15.7. The molecule has 0 radical (unpaired) electrons. The fourth-order valence-electron chi connectivity index (χ4n) is 3.10. The Morgan fingerprint density at radius 2 is 1.88 bits per heavy atom. The van der Waals surface area contributed by atoms with E-state index < -0.39 is 15.6 Å². The van der Waals surface area contributed by atoms with Crippen molar-refractivity contribution in [3.8, 4) is 6.07 Å². The molecule has 0 bridgehead atoms. The molecule has 0 unspecified atom stereocenters. The summed E-state index contributed by atoms with van der Waals surface area (Å²) in [4.78, 5) is 12.5. The predicted molar refractivity (Wildman–Crippen MR) is 100 cm³/mol. The van der Waals surface area contributed by atoms with E-state index in [4.69, 9.17) is 0 Å². The number of benzene rings is 1. The number of anilines is 1. The summed E-state index contributed by atoms with van der Waals surface area (Å²) in [7, 11) is -0.600. The Labute approximate surface area is 155 Å². The van der Waals surface area contributed by atoms with E-state index >= 15 is 0 Å². The third-order valence-corrected chi connectivity index (χ3v) is 6.70. The number of rotatable bonds is 6. The van der Waals surface area contributed by atoms with Crippen LogP contribution < -0.4 is 10.6 Å². The molecule has 1 aliphatic carbocycles. The third kappa shape index (κ3) is 4.17. The molecule has 1 aromatic rings. The summed E-state index contributed by atoms with van der Waals surface area (Å²) >= 11 is 0. The first-order valence-electron chi connectivity index (χ1n) is 8.61. The highest BCUT2D eigenvalue weighted by Crippen LogP contribution is 2.29. The number of sulfonamides is 1. The van der Waals surface area contributed by atoms with E-state index in [1.807, 2.05) is 13.8 Å². The quantitative estimate of drug-likeness (QED) is 0.787. The lowest BCUT2D eigenvalue weighted by Gasteiger charge is -2.22. The molecule has 0 aromatic heterocycles. The molecule has 1 amide bonds. The van der Waals surface area contributed by atoms with Gasteiger partial charge in [-0.15, -0.1) is 0 Å². The molecular formula is C18H26N4O3S. The number of amides is 1. The van der Waals surface area contributed by atoms with Crippen LogP contribution in [0.2, 0.25) is 0 Å². The van der Waals surface area contributed by atoms with Crippen molar-refractivity contribution >= 4 is 21.6 Å². The van der Waals surface area contributed by atoms with E-state index in [0.29, 0.717) is 18.5 Å². The summed E-state index contributed by atoms with van der Waals surface area (Å²) in [5.41, 5.74) is 1.53. The van der Waals surface area contributed by atoms with Gasteiger partial charge in [0.25, 0.3) is 0 Å². The minimum Gasteiger partial charge on any atom is -0.376 e. The van der Waals surface area contributed by atoms with Crippen LogP contribution in [0.5, 0.6) is 0 Å².